The third-order valence-corrected chi connectivity index (χ3v) is 4.91. The number of hydrogen-bond acceptors (Lipinski definition) is 3. The molecule has 1 unspecified atom stereocenters. The van der Waals surface area contributed by atoms with Crippen LogP contribution in [0.3, 0.4) is 0 Å². The molecule has 20 heavy (non-hydrogen) atoms. The van der Waals surface area contributed by atoms with E-state index in [9.17, 15) is 0 Å². The van der Waals surface area contributed by atoms with Gasteiger partial charge in [0, 0.05) is 12.2 Å². The molecule has 4 heteroatoms. The minimum Gasteiger partial charge on any atom is -0.371 e. The third-order valence-electron chi connectivity index (χ3n) is 4.91. The first-order valence-electron chi connectivity index (χ1n) is 7.93. The summed E-state index contributed by atoms with van der Waals surface area (Å²) < 4.78 is 6.11. The lowest BCUT2D eigenvalue weighted by Gasteiger charge is -2.33. The van der Waals surface area contributed by atoms with E-state index in [2.05, 4.69) is 35.9 Å². The van der Waals surface area contributed by atoms with E-state index in [-0.39, 0.29) is 5.60 Å². The fraction of sp³-hybridized carbons (Fsp3) is 0.812. The fourth-order valence-corrected chi connectivity index (χ4v) is 3.69. The van der Waals surface area contributed by atoms with Crippen molar-refractivity contribution < 1.29 is 4.74 Å². The van der Waals surface area contributed by atoms with Gasteiger partial charge >= 0.3 is 0 Å². The molecule has 4 nitrogen and oxygen atoms in total. The van der Waals surface area contributed by atoms with Crippen molar-refractivity contribution in [2.24, 2.45) is 0 Å². The lowest BCUT2D eigenvalue weighted by atomic mass is 9.90. The van der Waals surface area contributed by atoms with Crippen LogP contribution in [0.15, 0.2) is 6.20 Å². The van der Waals surface area contributed by atoms with E-state index in [1.54, 1.807) is 0 Å². The highest BCUT2D eigenvalue weighted by Crippen LogP contribution is 2.32. The van der Waals surface area contributed by atoms with Gasteiger partial charge in [0.05, 0.1) is 17.9 Å². The van der Waals surface area contributed by atoms with E-state index in [0.29, 0.717) is 12.0 Å². The predicted octanol–water partition coefficient (Wildman–Crippen LogP) is 2.86. The number of aromatic nitrogens is 2. The lowest BCUT2D eigenvalue weighted by Crippen LogP contribution is -2.39. The topological polar surface area (TPSA) is 41.2 Å². The van der Waals surface area contributed by atoms with E-state index in [1.165, 1.54) is 50.0 Å². The first kappa shape index (κ1) is 14.1. The molecule has 3 heterocycles. The van der Waals surface area contributed by atoms with Crippen LogP contribution in [0.4, 0.5) is 0 Å². The molecule has 0 saturated carbocycles. The zero-order chi connectivity index (χ0) is 14.2. The van der Waals surface area contributed by atoms with Crippen LogP contribution in [0.2, 0.25) is 0 Å². The maximum absolute atomic E-state index is 6.11. The number of nitrogens with one attached hydrogen (secondary N) is 1. The highest BCUT2D eigenvalue weighted by atomic mass is 16.5. The van der Waals surface area contributed by atoms with Gasteiger partial charge < -0.3 is 9.64 Å². The molecule has 1 aromatic rings. The summed E-state index contributed by atoms with van der Waals surface area (Å²) in [4.78, 5) is 2.58. The zero-order valence-corrected chi connectivity index (χ0v) is 13.0. The Kier molecular flexibility index (Phi) is 3.87. The Balaban J connectivity index is 1.48. The Hall–Kier alpha value is -0.870. The summed E-state index contributed by atoms with van der Waals surface area (Å²) in [5, 5.41) is 7.22. The van der Waals surface area contributed by atoms with Crippen molar-refractivity contribution in [3.8, 4) is 0 Å². The molecule has 112 valence electrons. The molecule has 2 aliphatic heterocycles. The number of likely N-dealkylation sites (tertiary alicyclic amines) is 1. The van der Waals surface area contributed by atoms with Gasteiger partial charge in [-0.1, -0.05) is 0 Å². The molecule has 2 saturated heterocycles. The van der Waals surface area contributed by atoms with E-state index >= 15 is 0 Å². The van der Waals surface area contributed by atoms with Crippen molar-refractivity contribution in [2.75, 3.05) is 19.6 Å². The molecule has 3 rings (SSSR count). The summed E-state index contributed by atoms with van der Waals surface area (Å²) in [7, 11) is 0. The molecule has 1 N–H and O–H groups in total. The predicted molar refractivity (Wildman–Crippen MR) is 79.9 cm³/mol. The molecule has 1 aromatic heterocycles. The summed E-state index contributed by atoms with van der Waals surface area (Å²) in [6, 6.07) is 0. The summed E-state index contributed by atoms with van der Waals surface area (Å²) >= 11 is 0. The number of aryl methyl sites for hydroxylation is 1. The molecule has 0 radical (unpaired) electrons. The molecule has 0 amide bonds. The monoisotopic (exact) mass is 277 g/mol. The highest BCUT2D eigenvalue weighted by Gasteiger charge is 2.33. The highest BCUT2D eigenvalue weighted by molar-refractivity contribution is 5.20. The van der Waals surface area contributed by atoms with Crippen LogP contribution >= 0.6 is 0 Å². The maximum Gasteiger partial charge on any atom is 0.0710 e. The fourth-order valence-electron chi connectivity index (χ4n) is 3.69. The van der Waals surface area contributed by atoms with E-state index in [4.69, 9.17) is 4.74 Å². The van der Waals surface area contributed by atoms with Gasteiger partial charge in [-0.05, 0) is 71.0 Å². The van der Waals surface area contributed by atoms with Gasteiger partial charge in [-0.25, -0.2) is 0 Å². The van der Waals surface area contributed by atoms with Crippen molar-refractivity contribution in [3.05, 3.63) is 17.5 Å². The number of rotatable bonds is 3. The van der Waals surface area contributed by atoms with Crippen molar-refractivity contribution in [2.45, 2.75) is 64.1 Å². The average Bonchev–Trinajstić information content (AvgIpc) is 2.97. The Labute approximate surface area is 121 Å². The van der Waals surface area contributed by atoms with Crippen molar-refractivity contribution in [1.82, 2.24) is 15.1 Å². The molecule has 2 fully saturated rings. The first-order valence-corrected chi connectivity index (χ1v) is 7.93. The molecule has 1 atom stereocenters. The van der Waals surface area contributed by atoms with E-state index in [0.717, 1.165) is 6.54 Å². The second-order valence-electron chi connectivity index (χ2n) is 7.06. The summed E-state index contributed by atoms with van der Waals surface area (Å²) in [5.41, 5.74) is 2.75. The Bertz CT molecular complexity index is 446. The SMILES string of the molecule is Cc1[nH]ncc1C1CCN(CC2CCC(C)(C)O2)CC1. The summed E-state index contributed by atoms with van der Waals surface area (Å²) in [5.74, 6) is 0.686. The minimum atomic E-state index is 0.0941. The van der Waals surface area contributed by atoms with E-state index in [1.807, 2.05) is 6.20 Å². The Morgan fingerprint density at radius 2 is 2.10 bits per heavy atom. The smallest absolute Gasteiger partial charge is 0.0710 e. The van der Waals surface area contributed by atoms with E-state index < -0.39 is 0 Å². The van der Waals surface area contributed by atoms with Gasteiger partial charge in [-0.15, -0.1) is 0 Å². The van der Waals surface area contributed by atoms with Crippen LogP contribution in [0, 0.1) is 6.92 Å². The number of aromatic amines is 1. The standard InChI is InChI=1S/C16H27N3O/c1-12-15(10-17-18-12)13-5-8-19(9-6-13)11-14-4-7-16(2,3)20-14/h10,13-14H,4-9,11H2,1-3H3,(H,17,18). The largest absolute Gasteiger partial charge is 0.371 e. The summed E-state index contributed by atoms with van der Waals surface area (Å²) in [6.45, 7) is 10.0. The molecular weight excluding hydrogens is 250 g/mol. The van der Waals surface area contributed by atoms with Crippen molar-refractivity contribution in [3.63, 3.8) is 0 Å². The molecule has 0 spiro atoms. The second kappa shape index (κ2) is 5.49. The molecule has 0 bridgehead atoms. The average molecular weight is 277 g/mol. The normalized spacial score (nSPS) is 28.1. The van der Waals surface area contributed by atoms with Crippen LogP contribution in [-0.4, -0.2) is 46.4 Å². The minimum absolute atomic E-state index is 0.0941. The maximum atomic E-state index is 6.11. The third kappa shape index (κ3) is 3.07. The first-order chi connectivity index (χ1) is 9.53. The molecule has 2 aliphatic rings. The van der Waals surface area contributed by atoms with Crippen LogP contribution in [-0.2, 0) is 4.74 Å². The van der Waals surface area contributed by atoms with Gasteiger partial charge in [-0.2, -0.15) is 5.10 Å². The van der Waals surface area contributed by atoms with Crippen LogP contribution in [0.5, 0.6) is 0 Å². The van der Waals surface area contributed by atoms with Crippen LogP contribution in [0.1, 0.15) is 56.7 Å². The summed E-state index contributed by atoms with van der Waals surface area (Å²) in [6.07, 6.45) is 7.36. The van der Waals surface area contributed by atoms with Crippen LogP contribution in [0.25, 0.3) is 0 Å². The van der Waals surface area contributed by atoms with Gasteiger partial charge in [0.15, 0.2) is 0 Å². The Morgan fingerprint density at radius 3 is 2.65 bits per heavy atom. The second-order valence-corrected chi connectivity index (χ2v) is 7.06. The quantitative estimate of drug-likeness (QED) is 0.923. The van der Waals surface area contributed by atoms with Gasteiger partial charge in [0.1, 0.15) is 0 Å². The van der Waals surface area contributed by atoms with Gasteiger partial charge in [0.2, 0.25) is 0 Å². The van der Waals surface area contributed by atoms with Crippen LogP contribution < -0.4 is 0 Å². The number of nitrogens with zero attached hydrogens (tertiary/aromatic N) is 2. The van der Waals surface area contributed by atoms with Crippen molar-refractivity contribution >= 4 is 0 Å². The zero-order valence-electron chi connectivity index (χ0n) is 13.0. The number of ether oxygens (including phenoxy) is 1. The van der Waals surface area contributed by atoms with Crippen molar-refractivity contribution in [1.29, 1.82) is 0 Å². The molecule has 0 aliphatic carbocycles. The molecular formula is C16H27N3O. The Morgan fingerprint density at radius 1 is 1.35 bits per heavy atom. The number of hydrogen-bond donors (Lipinski definition) is 1. The lowest BCUT2D eigenvalue weighted by molar-refractivity contribution is -0.0309. The number of piperidine rings is 1. The number of H-pyrrole nitrogens is 1. The molecule has 0 aromatic carbocycles. The van der Waals surface area contributed by atoms with Gasteiger partial charge in [0.25, 0.3) is 0 Å². The van der Waals surface area contributed by atoms with Gasteiger partial charge in [-0.3, -0.25) is 5.10 Å².